The molecule has 43 heavy (non-hydrogen) atoms. The highest BCUT2D eigenvalue weighted by Crippen LogP contribution is 2.35. The van der Waals surface area contributed by atoms with E-state index in [1.807, 2.05) is 65.0 Å². The van der Waals surface area contributed by atoms with Crippen LogP contribution in [0.3, 0.4) is 0 Å². The minimum Gasteiger partial charge on any atom is -0.370 e. The second-order valence-corrected chi connectivity index (χ2v) is 14.0. The van der Waals surface area contributed by atoms with Gasteiger partial charge in [0.2, 0.25) is 21.8 Å². The summed E-state index contributed by atoms with van der Waals surface area (Å²) in [5.74, 6) is -1.02. The molecular formula is C32H46N6O4S. The van der Waals surface area contributed by atoms with Crippen molar-refractivity contribution in [1.29, 1.82) is 5.41 Å². The number of piperidine rings is 1. The number of nitrogens with two attached hydrogens (primary N) is 2. The normalized spacial score (nSPS) is 18.7. The van der Waals surface area contributed by atoms with Gasteiger partial charge in [0, 0.05) is 26.2 Å². The minimum atomic E-state index is -4.20. The number of amides is 2. The van der Waals surface area contributed by atoms with Crippen LogP contribution >= 0.6 is 0 Å². The molecule has 4 rings (SSSR count). The zero-order valence-corrected chi connectivity index (χ0v) is 26.8. The van der Waals surface area contributed by atoms with Gasteiger partial charge in [-0.15, -0.1) is 0 Å². The maximum atomic E-state index is 15.0. The Labute approximate surface area is 256 Å². The smallest absolute Gasteiger partial charge is 0.244 e. The van der Waals surface area contributed by atoms with E-state index in [1.54, 1.807) is 4.90 Å². The number of guanidine groups is 1. The molecule has 2 amide bonds. The molecule has 2 fully saturated rings. The summed E-state index contributed by atoms with van der Waals surface area (Å²) in [6.07, 6.45) is 2.52. The highest BCUT2D eigenvalue weighted by atomic mass is 32.2. The Morgan fingerprint density at radius 1 is 0.907 bits per heavy atom. The molecule has 234 valence electrons. The molecule has 0 aromatic heterocycles. The molecule has 0 saturated carbocycles. The molecule has 0 unspecified atom stereocenters. The summed E-state index contributed by atoms with van der Waals surface area (Å²) >= 11 is 0. The predicted molar refractivity (Wildman–Crippen MR) is 168 cm³/mol. The van der Waals surface area contributed by atoms with Crippen molar-refractivity contribution in [2.24, 2.45) is 17.4 Å². The van der Waals surface area contributed by atoms with Crippen LogP contribution in [0.2, 0.25) is 0 Å². The van der Waals surface area contributed by atoms with Gasteiger partial charge in [-0.1, -0.05) is 30.3 Å². The molecule has 11 heteroatoms. The van der Waals surface area contributed by atoms with E-state index < -0.39 is 33.9 Å². The molecule has 2 aromatic rings. The molecule has 2 aromatic carbocycles. The first-order chi connectivity index (χ1) is 20.2. The second-order valence-electron chi connectivity index (χ2n) is 12.1. The predicted octanol–water partition coefficient (Wildman–Crippen LogP) is 2.91. The van der Waals surface area contributed by atoms with Gasteiger partial charge in [0.25, 0.3) is 0 Å². The van der Waals surface area contributed by atoms with E-state index in [1.165, 1.54) is 9.21 Å². The number of benzene rings is 2. The quantitative estimate of drug-likeness (QED) is 0.293. The fourth-order valence-corrected chi connectivity index (χ4v) is 8.86. The first kappa shape index (κ1) is 32.5. The summed E-state index contributed by atoms with van der Waals surface area (Å²) < 4.78 is 31.4. The van der Waals surface area contributed by atoms with Crippen molar-refractivity contribution in [2.75, 3.05) is 26.2 Å². The molecule has 10 nitrogen and oxygen atoms in total. The Bertz CT molecular complexity index is 1460. The third-order valence-electron chi connectivity index (χ3n) is 9.66. The van der Waals surface area contributed by atoms with Crippen LogP contribution in [0.15, 0.2) is 35.2 Å². The molecule has 0 aliphatic carbocycles. The maximum absolute atomic E-state index is 15.0. The van der Waals surface area contributed by atoms with E-state index in [9.17, 15) is 9.59 Å². The fourth-order valence-electron chi connectivity index (χ4n) is 6.64. The summed E-state index contributed by atoms with van der Waals surface area (Å²) in [6.45, 7) is 11.1. The molecule has 0 spiro atoms. The first-order valence-electron chi connectivity index (χ1n) is 15.1. The molecule has 2 heterocycles. The molecule has 2 atom stereocenters. The Morgan fingerprint density at radius 2 is 1.47 bits per heavy atom. The molecule has 2 aliphatic heterocycles. The van der Waals surface area contributed by atoms with Gasteiger partial charge in [0.05, 0.1) is 4.90 Å². The van der Waals surface area contributed by atoms with Crippen molar-refractivity contribution >= 4 is 27.8 Å². The second kappa shape index (κ2) is 13.1. The van der Waals surface area contributed by atoms with E-state index in [0.717, 1.165) is 22.3 Å². The Morgan fingerprint density at radius 3 is 2.00 bits per heavy atom. The number of primary amides is 1. The number of carbonyl (C=O) groups excluding carboxylic acids is 2. The van der Waals surface area contributed by atoms with Crippen LogP contribution in [-0.2, 0) is 26.0 Å². The van der Waals surface area contributed by atoms with Gasteiger partial charge in [-0.25, -0.2) is 8.42 Å². The molecule has 0 radical (unpaired) electrons. The summed E-state index contributed by atoms with van der Waals surface area (Å²) in [6, 6.07) is 7.57. The molecule has 2 aliphatic rings. The van der Waals surface area contributed by atoms with Gasteiger partial charge in [-0.05, 0) is 106 Å². The van der Waals surface area contributed by atoms with Crippen molar-refractivity contribution in [3.63, 3.8) is 0 Å². The number of nitrogens with one attached hydrogen (secondary N) is 1. The van der Waals surface area contributed by atoms with E-state index in [2.05, 4.69) is 0 Å². The van der Waals surface area contributed by atoms with E-state index in [4.69, 9.17) is 16.9 Å². The van der Waals surface area contributed by atoms with E-state index >= 15 is 8.42 Å². The van der Waals surface area contributed by atoms with Gasteiger partial charge >= 0.3 is 0 Å². The standard InChI is InChI=1S/C32H46N6O4S/c1-20-21(2)23(4)29(24(5)22(20)3)43(41,42)38(19-26-13-16-36(17-14-26)32(34)35)28(18-25-10-7-6-8-11-25)31(40)37-15-9-12-27(37)30(33)39/h6-8,10-11,26-28H,9,12-19H2,1-5H3,(H2,33,39)(H3,34,35)/t27-,28+/m0/s1. The highest BCUT2D eigenvalue weighted by Gasteiger charge is 2.44. The number of carbonyl (C=O) groups is 2. The van der Waals surface area contributed by atoms with Crippen LogP contribution in [0.1, 0.15) is 59.1 Å². The lowest BCUT2D eigenvalue weighted by Crippen LogP contribution is -2.56. The van der Waals surface area contributed by atoms with Crippen LogP contribution in [0, 0.1) is 45.9 Å². The molecule has 2 saturated heterocycles. The maximum Gasteiger partial charge on any atom is 0.244 e. The third-order valence-corrected chi connectivity index (χ3v) is 11.8. The molecular weight excluding hydrogens is 564 g/mol. The van der Waals surface area contributed by atoms with Crippen molar-refractivity contribution in [3.05, 3.63) is 63.7 Å². The average Bonchev–Trinajstić information content (AvgIpc) is 3.48. The number of sulfonamides is 1. The molecule has 0 bridgehead atoms. The topological polar surface area (TPSA) is 154 Å². The van der Waals surface area contributed by atoms with Gasteiger partial charge in [-0.3, -0.25) is 15.0 Å². The number of nitrogens with zero attached hydrogens (tertiary/aromatic N) is 3. The summed E-state index contributed by atoms with van der Waals surface area (Å²) in [7, 11) is -4.20. The number of hydrogen-bond donors (Lipinski definition) is 3. The van der Waals surface area contributed by atoms with Gasteiger partial charge < -0.3 is 21.3 Å². The SMILES string of the molecule is Cc1c(C)c(C)c(S(=O)(=O)N(CC2CCN(C(=N)N)CC2)[C@H](Cc2ccccc2)C(=O)N2CCC[C@H]2C(N)=O)c(C)c1C. The van der Waals surface area contributed by atoms with Crippen molar-refractivity contribution in [1.82, 2.24) is 14.1 Å². The summed E-state index contributed by atoms with van der Waals surface area (Å²) in [5, 5.41) is 7.82. The molecule has 5 N–H and O–H groups in total. The van der Waals surface area contributed by atoms with E-state index in [0.29, 0.717) is 56.4 Å². The van der Waals surface area contributed by atoms with Crippen molar-refractivity contribution in [3.8, 4) is 0 Å². The summed E-state index contributed by atoms with van der Waals surface area (Å²) in [4.78, 5) is 30.3. The lowest BCUT2D eigenvalue weighted by Gasteiger charge is -2.39. The average molecular weight is 611 g/mol. The highest BCUT2D eigenvalue weighted by molar-refractivity contribution is 7.89. The van der Waals surface area contributed by atoms with Crippen LogP contribution in [0.4, 0.5) is 0 Å². The minimum absolute atomic E-state index is 0.00319. The Hall–Kier alpha value is -3.44. The first-order valence-corrected chi connectivity index (χ1v) is 16.5. The van der Waals surface area contributed by atoms with Gasteiger partial charge in [0.15, 0.2) is 5.96 Å². The third kappa shape index (κ3) is 6.57. The number of hydrogen-bond acceptors (Lipinski definition) is 5. The number of rotatable bonds is 9. The Kier molecular flexibility index (Phi) is 9.86. The zero-order chi connectivity index (χ0) is 31.6. The monoisotopic (exact) mass is 610 g/mol. The van der Waals surface area contributed by atoms with Gasteiger partial charge in [0.1, 0.15) is 12.1 Å². The number of likely N-dealkylation sites (tertiary alicyclic amines) is 2. The van der Waals surface area contributed by atoms with Gasteiger partial charge in [-0.2, -0.15) is 4.31 Å². The van der Waals surface area contributed by atoms with Crippen LogP contribution in [-0.4, -0.2) is 78.6 Å². The zero-order valence-electron chi connectivity index (χ0n) is 26.0. The van der Waals surface area contributed by atoms with Crippen molar-refractivity contribution in [2.45, 2.75) is 83.7 Å². The van der Waals surface area contributed by atoms with Crippen LogP contribution < -0.4 is 11.5 Å². The summed E-state index contributed by atoms with van der Waals surface area (Å²) in [5.41, 5.74) is 16.5. The largest absolute Gasteiger partial charge is 0.370 e. The fraction of sp³-hybridized carbons (Fsp3) is 0.531. The lowest BCUT2D eigenvalue weighted by atomic mass is 9.95. The lowest BCUT2D eigenvalue weighted by molar-refractivity contribution is -0.140. The van der Waals surface area contributed by atoms with Crippen molar-refractivity contribution < 1.29 is 18.0 Å². The van der Waals surface area contributed by atoms with E-state index in [-0.39, 0.29) is 29.7 Å². The van der Waals surface area contributed by atoms with Crippen LogP contribution in [0.5, 0.6) is 0 Å². The Balaban J connectivity index is 1.87. The van der Waals surface area contributed by atoms with Crippen LogP contribution in [0.25, 0.3) is 0 Å².